The van der Waals surface area contributed by atoms with E-state index in [1.165, 1.54) is 11.3 Å². The molecule has 26 heavy (non-hydrogen) atoms. The van der Waals surface area contributed by atoms with Crippen LogP contribution in [-0.4, -0.2) is 43.0 Å². The Kier molecular flexibility index (Phi) is 6.07. The zero-order valence-corrected chi connectivity index (χ0v) is 16.5. The largest absolute Gasteiger partial charge is 0.369 e. The second-order valence-electron chi connectivity index (χ2n) is 6.60. The van der Waals surface area contributed by atoms with Gasteiger partial charge in [0.15, 0.2) is 0 Å². The van der Waals surface area contributed by atoms with E-state index in [0.717, 1.165) is 26.2 Å². The second kappa shape index (κ2) is 8.30. The molecule has 1 N–H and O–H groups in total. The summed E-state index contributed by atoms with van der Waals surface area (Å²) in [5, 5.41) is 3.90. The predicted octanol–water partition coefficient (Wildman–Crippen LogP) is 4.45. The summed E-state index contributed by atoms with van der Waals surface area (Å²) in [5.41, 5.74) is 3.15. The van der Waals surface area contributed by atoms with Gasteiger partial charge in [-0.25, -0.2) is 0 Å². The number of anilines is 2. The van der Waals surface area contributed by atoms with Crippen LogP contribution in [0.1, 0.15) is 12.5 Å². The van der Waals surface area contributed by atoms with Crippen molar-refractivity contribution >= 4 is 40.5 Å². The van der Waals surface area contributed by atoms with Crippen LogP contribution >= 0.6 is 23.2 Å². The lowest BCUT2D eigenvalue weighted by molar-refractivity contribution is -0.120. The van der Waals surface area contributed by atoms with Gasteiger partial charge in [-0.05, 0) is 43.7 Å². The molecule has 0 bridgehead atoms. The number of amides is 1. The number of carbonyl (C=O) groups excluding carboxylic acids is 1. The van der Waals surface area contributed by atoms with Gasteiger partial charge < -0.3 is 10.2 Å². The Labute approximate surface area is 164 Å². The molecule has 4 nitrogen and oxygen atoms in total. The third-order valence-electron chi connectivity index (χ3n) is 4.89. The topological polar surface area (TPSA) is 35.6 Å². The Morgan fingerprint density at radius 2 is 1.77 bits per heavy atom. The van der Waals surface area contributed by atoms with Gasteiger partial charge in [-0.2, -0.15) is 0 Å². The van der Waals surface area contributed by atoms with Gasteiger partial charge in [-0.1, -0.05) is 41.4 Å². The maximum Gasteiger partial charge on any atom is 0.241 e. The number of rotatable bonds is 4. The lowest BCUT2D eigenvalue weighted by atomic mass is 10.1. The number of hydrogen-bond donors (Lipinski definition) is 1. The Bertz CT molecular complexity index is 788. The fourth-order valence-electron chi connectivity index (χ4n) is 3.26. The van der Waals surface area contributed by atoms with Crippen molar-refractivity contribution in [3.8, 4) is 0 Å². The number of nitrogens with one attached hydrogen (secondary N) is 1. The molecule has 138 valence electrons. The summed E-state index contributed by atoms with van der Waals surface area (Å²) < 4.78 is 0. The van der Waals surface area contributed by atoms with E-state index in [9.17, 15) is 4.79 Å². The number of halogens is 2. The number of hydrogen-bond acceptors (Lipinski definition) is 3. The average Bonchev–Trinajstić information content (AvgIpc) is 2.64. The number of benzene rings is 2. The van der Waals surface area contributed by atoms with Crippen LogP contribution in [0.15, 0.2) is 42.5 Å². The van der Waals surface area contributed by atoms with Gasteiger partial charge in [0.05, 0.1) is 16.8 Å². The molecule has 1 saturated heterocycles. The van der Waals surface area contributed by atoms with E-state index in [1.54, 1.807) is 18.2 Å². The van der Waals surface area contributed by atoms with Crippen LogP contribution in [0.5, 0.6) is 0 Å². The molecule has 1 aliphatic heterocycles. The molecule has 1 amide bonds. The smallest absolute Gasteiger partial charge is 0.241 e. The fourth-order valence-corrected chi connectivity index (χ4v) is 3.72. The third-order valence-corrected chi connectivity index (χ3v) is 5.43. The monoisotopic (exact) mass is 391 g/mol. The minimum Gasteiger partial charge on any atom is -0.369 e. The SMILES string of the molecule is Cc1ccccc1N1CCN([C@H](C)C(=O)Nc2ccc(Cl)cc2Cl)CC1. The zero-order valence-electron chi connectivity index (χ0n) is 15.0. The fraction of sp³-hybridized carbons (Fsp3) is 0.350. The number of para-hydroxylation sites is 1. The summed E-state index contributed by atoms with van der Waals surface area (Å²) in [7, 11) is 0. The van der Waals surface area contributed by atoms with E-state index in [0.29, 0.717) is 15.7 Å². The molecule has 1 fully saturated rings. The second-order valence-corrected chi connectivity index (χ2v) is 7.44. The number of carbonyl (C=O) groups is 1. The van der Waals surface area contributed by atoms with Crippen molar-refractivity contribution < 1.29 is 4.79 Å². The molecule has 0 aromatic heterocycles. The summed E-state index contributed by atoms with van der Waals surface area (Å²) in [6.45, 7) is 7.57. The average molecular weight is 392 g/mol. The van der Waals surface area contributed by atoms with Crippen molar-refractivity contribution in [1.82, 2.24) is 4.90 Å². The van der Waals surface area contributed by atoms with Crippen LogP contribution in [0.2, 0.25) is 10.0 Å². The summed E-state index contributed by atoms with van der Waals surface area (Å²) >= 11 is 12.0. The van der Waals surface area contributed by atoms with Crippen LogP contribution in [0.4, 0.5) is 11.4 Å². The van der Waals surface area contributed by atoms with E-state index in [2.05, 4.69) is 46.3 Å². The van der Waals surface area contributed by atoms with Gasteiger partial charge in [0.2, 0.25) is 5.91 Å². The number of piperazine rings is 1. The highest BCUT2D eigenvalue weighted by molar-refractivity contribution is 6.36. The molecule has 3 rings (SSSR count). The van der Waals surface area contributed by atoms with Crippen molar-refractivity contribution in [3.63, 3.8) is 0 Å². The van der Waals surface area contributed by atoms with E-state index in [4.69, 9.17) is 23.2 Å². The summed E-state index contributed by atoms with van der Waals surface area (Å²) in [5.74, 6) is -0.0569. The molecule has 0 unspecified atom stereocenters. The van der Waals surface area contributed by atoms with Crippen molar-refractivity contribution in [2.45, 2.75) is 19.9 Å². The molecule has 0 aliphatic carbocycles. The van der Waals surface area contributed by atoms with E-state index in [-0.39, 0.29) is 11.9 Å². The highest BCUT2D eigenvalue weighted by atomic mass is 35.5. The lowest BCUT2D eigenvalue weighted by Gasteiger charge is -2.39. The summed E-state index contributed by atoms with van der Waals surface area (Å²) in [6.07, 6.45) is 0. The van der Waals surface area contributed by atoms with Crippen molar-refractivity contribution in [2.24, 2.45) is 0 Å². The van der Waals surface area contributed by atoms with Gasteiger partial charge in [-0.15, -0.1) is 0 Å². The van der Waals surface area contributed by atoms with E-state index in [1.807, 2.05) is 6.92 Å². The molecule has 1 heterocycles. The zero-order chi connectivity index (χ0) is 18.7. The minimum atomic E-state index is -0.222. The maximum absolute atomic E-state index is 12.6. The molecule has 1 aliphatic rings. The van der Waals surface area contributed by atoms with Crippen LogP contribution in [0.3, 0.4) is 0 Å². The van der Waals surface area contributed by atoms with Crippen molar-refractivity contribution in [3.05, 3.63) is 58.1 Å². The van der Waals surface area contributed by atoms with Gasteiger partial charge in [0.25, 0.3) is 0 Å². The van der Waals surface area contributed by atoms with E-state index >= 15 is 0 Å². The molecule has 0 radical (unpaired) electrons. The number of aryl methyl sites for hydroxylation is 1. The first-order valence-electron chi connectivity index (χ1n) is 8.76. The Balaban J connectivity index is 1.58. The Hall–Kier alpha value is -1.75. The minimum absolute atomic E-state index is 0.0569. The van der Waals surface area contributed by atoms with Crippen LogP contribution < -0.4 is 10.2 Å². The van der Waals surface area contributed by atoms with Crippen molar-refractivity contribution in [2.75, 3.05) is 36.4 Å². The van der Waals surface area contributed by atoms with Crippen molar-refractivity contribution in [1.29, 1.82) is 0 Å². The first-order chi connectivity index (χ1) is 12.5. The van der Waals surface area contributed by atoms with Gasteiger partial charge in [0.1, 0.15) is 0 Å². The van der Waals surface area contributed by atoms with Gasteiger partial charge in [-0.3, -0.25) is 9.69 Å². The molecule has 2 aromatic carbocycles. The van der Waals surface area contributed by atoms with Crippen LogP contribution in [0.25, 0.3) is 0 Å². The molecule has 0 spiro atoms. The predicted molar refractivity (Wildman–Crippen MR) is 110 cm³/mol. The highest BCUT2D eigenvalue weighted by Crippen LogP contribution is 2.26. The van der Waals surface area contributed by atoms with Gasteiger partial charge >= 0.3 is 0 Å². The molecule has 1 atom stereocenters. The standard InChI is InChI=1S/C20H23Cl2N3O/c1-14-5-3-4-6-19(14)25-11-9-24(10-12-25)15(2)20(26)23-18-8-7-16(21)13-17(18)22/h3-8,13,15H,9-12H2,1-2H3,(H,23,26)/t15-/m1/s1. The first kappa shape index (κ1) is 19.0. The summed E-state index contributed by atoms with van der Waals surface area (Å²) in [6, 6.07) is 13.3. The van der Waals surface area contributed by atoms with Gasteiger partial charge in [0, 0.05) is 36.9 Å². The third kappa shape index (κ3) is 4.32. The lowest BCUT2D eigenvalue weighted by Crippen LogP contribution is -2.53. The molecule has 6 heteroatoms. The molecule has 2 aromatic rings. The number of nitrogens with zero attached hydrogens (tertiary/aromatic N) is 2. The first-order valence-corrected chi connectivity index (χ1v) is 9.52. The Morgan fingerprint density at radius 3 is 2.42 bits per heavy atom. The maximum atomic E-state index is 12.6. The summed E-state index contributed by atoms with van der Waals surface area (Å²) in [4.78, 5) is 17.2. The van der Waals surface area contributed by atoms with Crippen LogP contribution in [-0.2, 0) is 4.79 Å². The van der Waals surface area contributed by atoms with E-state index < -0.39 is 0 Å². The normalized spacial score (nSPS) is 16.4. The highest BCUT2D eigenvalue weighted by Gasteiger charge is 2.26. The molecule has 0 saturated carbocycles. The van der Waals surface area contributed by atoms with Crippen LogP contribution in [0, 0.1) is 6.92 Å². The Morgan fingerprint density at radius 1 is 1.08 bits per heavy atom. The quantitative estimate of drug-likeness (QED) is 0.835. The molecular formula is C20H23Cl2N3O. The molecular weight excluding hydrogens is 369 g/mol.